The number of hydrazone groups is 1. The molecule has 1 N–H and O–H groups in total. The lowest BCUT2D eigenvalue weighted by molar-refractivity contribution is -0.118. The Bertz CT molecular complexity index is 1630. The Morgan fingerprint density at radius 1 is 0.872 bits per heavy atom. The van der Waals surface area contributed by atoms with Gasteiger partial charge < -0.3 is 0 Å². The maximum atomic E-state index is 12.7. The summed E-state index contributed by atoms with van der Waals surface area (Å²) in [5.74, 6) is 0.677. The van der Waals surface area contributed by atoms with Crippen LogP contribution in [0.5, 0.6) is 0 Å². The summed E-state index contributed by atoms with van der Waals surface area (Å²) in [5.41, 5.74) is 7.61. The Morgan fingerprint density at radius 2 is 1.56 bits per heavy atom. The first-order valence-corrected chi connectivity index (χ1v) is 13.8. The number of benzene rings is 4. The van der Waals surface area contributed by atoms with E-state index in [9.17, 15) is 4.79 Å². The predicted octanol–water partition coefficient (Wildman–Crippen LogP) is 7.02. The van der Waals surface area contributed by atoms with Crippen LogP contribution in [0.15, 0.2) is 107 Å². The standard InChI is InChI=1S/C32H31N5OS/c1-22(25-15-14-23-10-8-9-11-26(23)20-25)33-34-29(38)21-39-31-36-35-30(37(31)28-12-6-5-7-13-28)24-16-18-27(19-17-24)32(2,3)4/h5-20H,21H2,1-4H3,(H,34,38)/b33-22-. The van der Waals surface area contributed by atoms with Crippen molar-refractivity contribution in [3.8, 4) is 17.1 Å². The van der Waals surface area contributed by atoms with Gasteiger partial charge in [-0.2, -0.15) is 5.10 Å². The summed E-state index contributed by atoms with van der Waals surface area (Å²) < 4.78 is 1.99. The molecule has 0 unspecified atom stereocenters. The Morgan fingerprint density at radius 3 is 2.28 bits per heavy atom. The summed E-state index contributed by atoms with van der Waals surface area (Å²) in [6, 6.07) is 32.7. The van der Waals surface area contributed by atoms with Crippen LogP contribution in [-0.2, 0) is 10.2 Å². The molecule has 0 aliphatic carbocycles. The predicted molar refractivity (Wildman–Crippen MR) is 161 cm³/mol. The SMILES string of the molecule is C/C(=N/NC(=O)CSc1nnc(-c2ccc(C(C)(C)C)cc2)n1-c1ccccc1)c1ccc2ccccc2c1. The van der Waals surface area contributed by atoms with Gasteiger partial charge in [0.1, 0.15) is 0 Å². The normalized spacial score (nSPS) is 12.1. The second-order valence-corrected chi connectivity index (χ2v) is 11.3. The molecular weight excluding hydrogens is 502 g/mol. The number of hydrogen-bond acceptors (Lipinski definition) is 5. The monoisotopic (exact) mass is 533 g/mol. The number of hydrogen-bond donors (Lipinski definition) is 1. The van der Waals surface area contributed by atoms with E-state index in [1.807, 2.05) is 60.0 Å². The quantitative estimate of drug-likeness (QED) is 0.139. The summed E-state index contributed by atoms with van der Waals surface area (Å²) in [4.78, 5) is 12.7. The first kappa shape index (κ1) is 26.4. The van der Waals surface area contributed by atoms with Crippen LogP contribution in [-0.4, -0.2) is 32.1 Å². The fraction of sp³-hybridized carbons (Fsp3) is 0.188. The van der Waals surface area contributed by atoms with E-state index >= 15 is 0 Å². The minimum atomic E-state index is -0.209. The smallest absolute Gasteiger partial charge is 0.250 e. The average molecular weight is 534 g/mol. The molecule has 1 aromatic heterocycles. The van der Waals surface area contributed by atoms with Crippen molar-refractivity contribution < 1.29 is 4.79 Å². The Hall–Kier alpha value is -4.23. The second kappa shape index (κ2) is 11.3. The summed E-state index contributed by atoms with van der Waals surface area (Å²) in [6.45, 7) is 8.48. The summed E-state index contributed by atoms with van der Waals surface area (Å²) in [7, 11) is 0. The first-order valence-electron chi connectivity index (χ1n) is 12.9. The van der Waals surface area contributed by atoms with Gasteiger partial charge in [0.25, 0.3) is 5.91 Å². The third-order valence-corrected chi connectivity index (χ3v) is 7.43. The van der Waals surface area contributed by atoms with Gasteiger partial charge >= 0.3 is 0 Å². The van der Waals surface area contributed by atoms with Crippen molar-refractivity contribution in [3.05, 3.63) is 108 Å². The number of aromatic nitrogens is 3. The number of nitrogens with one attached hydrogen (secondary N) is 1. The molecule has 1 amide bonds. The summed E-state index contributed by atoms with van der Waals surface area (Å²) in [6.07, 6.45) is 0. The molecule has 0 radical (unpaired) electrons. The van der Waals surface area contributed by atoms with E-state index in [2.05, 4.69) is 90.0 Å². The molecule has 0 spiro atoms. The van der Waals surface area contributed by atoms with E-state index in [1.54, 1.807) is 0 Å². The van der Waals surface area contributed by atoms with Crippen molar-refractivity contribution in [2.24, 2.45) is 5.10 Å². The zero-order valence-corrected chi connectivity index (χ0v) is 23.4. The zero-order valence-electron chi connectivity index (χ0n) is 22.6. The first-order chi connectivity index (χ1) is 18.8. The van der Waals surface area contributed by atoms with Gasteiger partial charge in [-0.05, 0) is 52.4 Å². The molecule has 196 valence electrons. The minimum absolute atomic E-state index is 0.0646. The van der Waals surface area contributed by atoms with E-state index in [4.69, 9.17) is 0 Å². The van der Waals surface area contributed by atoms with Gasteiger partial charge in [-0.15, -0.1) is 10.2 Å². The highest BCUT2D eigenvalue weighted by molar-refractivity contribution is 7.99. The molecule has 0 aliphatic heterocycles. The van der Waals surface area contributed by atoms with Crippen LogP contribution < -0.4 is 5.43 Å². The summed E-state index contributed by atoms with van der Waals surface area (Å²) >= 11 is 1.33. The lowest BCUT2D eigenvalue weighted by atomic mass is 9.87. The van der Waals surface area contributed by atoms with Crippen LogP contribution >= 0.6 is 11.8 Å². The van der Waals surface area contributed by atoms with E-state index in [0.717, 1.165) is 33.7 Å². The average Bonchev–Trinajstić information content (AvgIpc) is 3.38. The lowest BCUT2D eigenvalue weighted by Gasteiger charge is -2.19. The second-order valence-electron chi connectivity index (χ2n) is 10.4. The number of carbonyl (C=O) groups is 1. The van der Waals surface area contributed by atoms with Crippen LogP contribution in [0.25, 0.3) is 27.8 Å². The van der Waals surface area contributed by atoms with Crippen molar-refractivity contribution in [2.75, 3.05) is 5.75 Å². The van der Waals surface area contributed by atoms with Crippen LogP contribution in [0.3, 0.4) is 0 Å². The molecule has 5 aromatic rings. The Balaban J connectivity index is 1.33. The maximum absolute atomic E-state index is 12.7. The van der Waals surface area contributed by atoms with Crippen molar-refractivity contribution in [1.82, 2.24) is 20.2 Å². The van der Waals surface area contributed by atoms with Crippen LogP contribution in [0.1, 0.15) is 38.8 Å². The van der Waals surface area contributed by atoms with Crippen molar-refractivity contribution in [1.29, 1.82) is 0 Å². The minimum Gasteiger partial charge on any atom is -0.272 e. The van der Waals surface area contributed by atoms with Crippen molar-refractivity contribution >= 4 is 34.2 Å². The molecule has 4 aromatic carbocycles. The number of para-hydroxylation sites is 1. The highest BCUT2D eigenvalue weighted by Gasteiger charge is 2.19. The van der Waals surface area contributed by atoms with Crippen LogP contribution in [0.4, 0.5) is 0 Å². The zero-order chi connectivity index (χ0) is 27.4. The van der Waals surface area contributed by atoms with Gasteiger partial charge in [-0.3, -0.25) is 9.36 Å². The van der Waals surface area contributed by atoms with E-state index in [1.165, 1.54) is 22.7 Å². The molecule has 0 fully saturated rings. The molecule has 6 nitrogen and oxygen atoms in total. The number of carbonyl (C=O) groups excluding carboxylic acids is 1. The topological polar surface area (TPSA) is 72.2 Å². The van der Waals surface area contributed by atoms with Gasteiger partial charge in [-0.25, -0.2) is 5.43 Å². The van der Waals surface area contributed by atoms with Gasteiger partial charge in [0, 0.05) is 11.3 Å². The van der Waals surface area contributed by atoms with Crippen LogP contribution in [0.2, 0.25) is 0 Å². The molecule has 5 rings (SSSR count). The summed E-state index contributed by atoms with van der Waals surface area (Å²) in [5, 5.41) is 16.2. The maximum Gasteiger partial charge on any atom is 0.250 e. The molecule has 7 heteroatoms. The molecule has 0 aliphatic rings. The van der Waals surface area contributed by atoms with Crippen molar-refractivity contribution in [2.45, 2.75) is 38.3 Å². The largest absolute Gasteiger partial charge is 0.272 e. The highest BCUT2D eigenvalue weighted by Crippen LogP contribution is 2.30. The third kappa shape index (κ3) is 6.10. The fourth-order valence-electron chi connectivity index (χ4n) is 4.27. The van der Waals surface area contributed by atoms with Gasteiger partial charge in [0.05, 0.1) is 11.5 Å². The fourth-order valence-corrected chi connectivity index (χ4v) is 5.01. The Labute approximate surface area is 233 Å². The van der Waals surface area contributed by atoms with E-state index < -0.39 is 0 Å². The Kier molecular flexibility index (Phi) is 7.61. The molecule has 0 saturated carbocycles. The lowest BCUT2D eigenvalue weighted by Crippen LogP contribution is -2.21. The highest BCUT2D eigenvalue weighted by atomic mass is 32.2. The van der Waals surface area contributed by atoms with E-state index in [0.29, 0.717) is 5.16 Å². The van der Waals surface area contributed by atoms with E-state index in [-0.39, 0.29) is 17.1 Å². The van der Waals surface area contributed by atoms with Crippen molar-refractivity contribution in [3.63, 3.8) is 0 Å². The molecule has 39 heavy (non-hydrogen) atoms. The number of nitrogens with zero attached hydrogens (tertiary/aromatic N) is 4. The molecule has 1 heterocycles. The third-order valence-electron chi connectivity index (χ3n) is 6.50. The molecular formula is C32H31N5OS. The van der Waals surface area contributed by atoms with Gasteiger partial charge in [0.15, 0.2) is 11.0 Å². The van der Waals surface area contributed by atoms with Gasteiger partial charge in [0.2, 0.25) is 0 Å². The molecule has 0 atom stereocenters. The van der Waals surface area contributed by atoms with Gasteiger partial charge in [-0.1, -0.05) is 111 Å². The number of thioether (sulfide) groups is 1. The number of rotatable bonds is 7. The number of amides is 1. The number of fused-ring (bicyclic) bond motifs is 1. The molecule has 0 saturated heterocycles. The molecule has 0 bridgehead atoms. The van der Waals surface area contributed by atoms with Crippen LogP contribution in [0, 0.1) is 0 Å².